The van der Waals surface area contributed by atoms with Crippen LogP contribution in [0.15, 0.2) is 24.3 Å². The van der Waals surface area contributed by atoms with E-state index in [1.165, 1.54) is 17.1 Å². The molecule has 1 aliphatic heterocycles. The molecule has 0 spiro atoms. The maximum absolute atomic E-state index is 12.4. The number of allylic oxidation sites excluding steroid dienone is 2. The van der Waals surface area contributed by atoms with Crippen molar-refractivity contribution in [3.05, 3.63) is 24.3 Å². The number of esters is 2. The van der Waals surface area contributed by atoms with E-state index in [9.17, 15) is 19.2 Å². The Kier molecular flexibility index (Phi) is 11.1. The Morgan fingerprint density at radius 1 is 0.971 bits per heavy atom. The smallest absolute Gasteiger partial charge is 0.306 e. The van der Waals surface area contributed by atoms with Crippen LogP contribution in [0.4, 0.5) is 0 Å². The lowest BCUT2D eigenvalue weighted by Gasteiger charge is -2.32. The summed E-state index contributed by atoms with van der Waals surface area (Å²) in [6.45, 7) is 8.23. The van der Waals surface area contributed by atoms with Gasteiger partial charge >= 0.3 is 11.9 Å². The first kappa shape index (κ1) is 28.8. The summed E-state index contributed by atoms with van der Waals surface area (Å²) in [6, 6.07) is 0. The van der Waals surface area contributed by atoms with Crippen molar-refractivity contribution in [2.75, 3.05) is 13.2 Å². The molecular formula is C27H41NO7. The highest BCUT2D eigenvalue weighted by atomic mass is 16.6. The van der Waals surface area contributed by atoms with Gasteiger partial charge in [0.25, 0.3) is 11.8 Å². The van der Waals surface area contributed by atoms with Crippen molar-refractivity contribution in [1.82, 2.24) is 4.90 Å². The molecule has 2 atom stereocenters. The van der Waals surface area contributed by atoms with Gasteiger partial charge in [0.2, 0.25) is 0 Å². The summed E-state index contributed by atoms with van der Waals surface area (Å²) in [5.74, 6) is -1.39. The molecule has 2 unspecified atom stereocenters. The summed E-state index contributed by atoms with van der Waals surface area (Å²) in [4.78, 5) is 49.3. The van der Waals surface area contributed by atoms with Crippen molar-refractivity contribution in [3.8, 4) is 0 Å². The monoisotopic (exact) mass is 491 g/mol. The SMILES string of the molecule is CCC(C)(CCOC(C)(C)CCN1C(=O)C=CC1=O)OC(=O)CCC(=O)OC1CCC=CCCC1. The number of hydrogen-bond donors (Lipinski definition) is 0. The van der Waals surface area contributed by atoms with Crippen molar-refractivity contribution in [3.63, 3.8) is 0 Å². The number of amides is 2. The Labute approximate surface area is 209 Å². The highest BCUT2D eigenvalue weighted by Gasteiger charge is 2.30. The van der Waals surface area contributed by atoms with E-state index < -0.39 is 17.2 Å². The molecule has 0 fully saturated rings. The Morgan fingerprint density at radius 2 is 1.63 bits per heavy atom. The van der Waals surface area contributed by atoms with Crippen LogP contribution in [0, 0.1) is 0 Å². The number of nitrogens with zero attached hydrogens (tertiary/aromatic N) is 1. The second kappa shape index (κ2) is 13.6. The maximum atomic E-state index is 12.4. The van der Waals surface area contributed by atoms with Gasteiger partial charge < -0.3 is 14.2 Å². The summed E-state index contributed by atoms with van der Waals surface area (Å²) in [6.07, 6.45) is 12.9. The second-order valence-corrected chi connectivity index (χ2v) is 10.1. The second-order valence-electron chi connectivity index (χ2n) is 10.1. The molecule has 0 aromatic carbocycles. The first-order valence-corrected chi connectivity index (χ1v) is 12.8. The van der Waals surface area contributed by atoms with E-state index in [1.807, 2.05) is 27.7 Å². The van der Waals surface area contributed by atoms with Crippen LogP contribution >= 0.6 is 0 Å². The Hall–Kier alpha value is -2.48. The van der Waals surface area contributed by atoms with E-state index in [-0.39, 0.29) is 43.3 Å². The lowest BCUT2D eigenvalue weighted by Crippen LogP contribution is -2.38. The minimum Gasteiger partial charge on any atom is -0.462 e. The Bertz CT molecular complexity index is 798. The average molecular weight is 492 g/mol. The van der Waals surface area contributed by atoms with Crippen molar-refractivity contribution in [2.24, 2.45) is 0 Å². The topological polar surface area (TPSA) is 99.2 Å². The molecule has 2 aliphatic rings. The fourth-order valence-electron chi connectivity index (χ4n) is 3.97. The van der Waals surface area contributed by atoms with Crippen molar-refractivity contribution in [2.45, 2.75) is 109 Å². The predicted octanol–water partition coefficient (Wildman–Crippen LogP) is 4.41. The van der Waals surface area contributed by atoms with Gasteiger partial charge in [0, 0.05) is 25.1 Å². The Morgan fingerprint density at radius 3 is 2.31 bits per heavy atom. The van der Waals surface area contributed by atoms with E-state index in [4.69, 9.17) is 14.2 Å². The molecule has 0 aromatic heterocycles. The van der Waals surface area contributed by atoms with Crippen molar-refractivity contribution in [1.29, 1.82) is 0 Å². The van der Waals surface area contributed by atoms with Gasteiger partial charge in [-0.1, -0.05) is 19.1 Å². The van der Waals surface area contributed by atoms with E-state index in [2.05, 4.69) is 12.2 Å². The van der Waals surface area contributed by atoms with Crippen LogP contribution < -0.4 is 0 Å². The van der Waals surface area contributed by atoms with Gasteiger partial charge in [-0.15, -0.1) is 0 Å². The van der Waals surface area contributed by atoms with Gasteiger partial charge in [-0.2, -0.15) is 0 Å². The van der Waals surface area contributed by atoms with E-state index in [1.54, 1.807) is 0 Å². The number of ether oxygens (including phenoxy) is 3. The van der Waals surface area contributed by atoms with Crippen LogP contribution in [0.5, 0.6) is 0 Å². The molecule has 1 heterocycles. The molecule has 0 aromatic rings. The number of rotatable bonds is 13. The Balaban J connectivity index is 1.70. The first-order chi connectivity index (χ1) is 16.5. The molecule has 8 nitrogen and oxygen atoms in total. The van der Waals surface area contributed by atoms with Crippen molar-refractivity contribution < 1.29 is 33.4 Å². The quantitative estimate of drug-likeness (QED) is 0.214. The van der Waals surface area contributed by atoms with Crippen LogP contribution in [0.2, 0.25) is 0 Å². The van der Waals surface area contributed by atoms with Crippen LogP contribution in [0.1, 0.15) is 91.9 Å². The first-order valence-electron chi connectivity index (χ1n) is 12.8. The maximum Gasteiger partial charge on any atom is 0.306 e. The molecule has 0 N–H and O–H groups in total. The van der Waals surface area contributed by atoms with Crippen molar-refractivity contribution >= 4 is 23.8 Å². The molecule has 0 bridgehead atoms. The third-order valence-electron chi connectivity index (χ3n) is 6.62. The lowest BCUT2D eigenvalue weighted by molar-refractivity contribution is -0.165. The third kappa shape index (κ3) is 10.3. The molecule has 35 heavy (non-hydrogen) atoms. The lowest BCUT2D eigenvalue weighted by atomic mass is 9.98. The van der Waals surface area contributed by atoms with E-state index in [0.29, 0.717) is 25.9 Å². The predicted molar refractivity (Wildman–Crippen MR) is 131 cm³/mol. The minimum atomic E-state index is -0.715. The summed E-state index contributed by atoms with van der Waals surface area (Å²) in [5.41, 5.74) is -1.27. The largest absolute Gasteiger partial charge is 0.462 e. The van der Waals surface area contributed by atoms with Gasteiger partial charge in [0.05, 0.1) is 25.0 Å². The van der Waals surface area contributed by atoms with Crippen LogP contribution in [-0.2, 0) is 33.4 Å². The summed E-state index contributed by atoms with van der Waals surface area (Å²) in [5, 5.41) is 0. The zero-order valence-corrected chi connectivity index (χ0v) is 21.7. The molecule has 196 valence electrons. The molecular weight excluding hydrogens is 450 g/mol. The molecule has 0 saturated heterocycles. The van der Waals surface area contributed by atoms with Crippen LogP contribution in [0.3, 0.4) is 0 Å². The zero-order valence-electron chi connectivity index (χ0n) is 21.7. The molecule has 0 saturated carbocycles. The highest BCUT2D eigenvalue weighted by Crippen LogP contribution is 2.24. The van der Waals surface area contributed by atoms with Gasteiger partial charge in [-0.3, -0.25) is 24.1 Å². The van der Waals surface area contributed by atoms with Gasteiger partial charge in [0.1, 0.15) is 11.7 Å². The van der Waals surface area contributed by atoms with Crippen LogP contribution in [-0.4, -0.2) is 59.1 Å². The fourth-order valence-corrected chi connectivity index (χ4v) is 3.97. The van der Waals surface area contributed by atoms with Crippen LogP contribution in [0.25, 0.3) is 0 Å². The molecule has 8 heteroatoms. The number of hydrogen-bond acceptors (Lipinski definition) is 7. The molecule has 2 amide bonds. The summed E-state index contributed by atoms with van der Waals surface area (Å²) >= 11 is 0. The fraction of sp³-hybridized carbons (Fsp3) is 0.704. The standard InChI is InChI=1S/C27H41NO7/c1-5-27(4,18-20-33-26(2,3)17-19-28-22(29)13-14-23(28)30)35-25(32)16-15-24(31)34-21-11-9-7-6-8-10-12-21/h6-7,13-14,21H,5,8-12,15-20H2,1-4H3. The highest BCUT2D eigenvalue weighted by molar-refractivity contribution is 6.12. The average Bonchev–Trinajstić information content (AvgIpc) is 3.10. The molecule has 2 rings (SSSR count). The van der Waals surface area contributed by atoms with E-state index >= 15 is 0 Å². The molecule has 0 radical (unpaired) electrons. The molecule has 1 aliphatic carbocycles. The summed E-state index contributed by atoms with van der Waals surface area (Å²) in [7, 11) is 0. The number of carbonyl (C=O) groups is 4. The van der Waals surface area contributed by atoms with Gasteiger partial charge in [-0.05, 0) is 65.7 Å². The van der Waals surface area contributed by atoms with Gasteiger partial charge in [-0.25, -0.2) is 0 Å². The number of imide groups is 1. The normalized spacial score (nSPS) is 20.3. The third-order valence-corrected chi connectivity index (χ3v) is 6.62. The van der Waals surface area contributed by atoms with Gasteiger partial charge in [0.15, 0.2) is 0 Å². The number of carbonyl (C=O) groups excluding carboxylic acids is 4. The minimum absolute atomic E-state index is 0.0112. The van der Waals surface area contributed by atoms with E-state index in [0.717, 1.165) is 32.1 Å². The summed E-state index contributed by atoms with van der Waals surface area (Å²) < 4.78 is 17.3. The zero-order chi connectivity index (χ0) is 25.9.